The molecule has 0 aliphatic heterocycles. The van der Waals surface area contributed by atoms with E-state index in [-0.39, 0.29) is 17.6 Å². The van der Waals surface area contributed by atoms with Crippen molar-refractivity contribution in [3.05, 3.63) is 12.2 Å². The van der Waals surface area contributed by atoms with Gasteiger partial charge < -0.3 is 10.2 Å². The molecule has 0 aromatic rings. The zero-order valence-corrected chi connectivity index (χ0v) is 11.7. The van der Waals surface area contributed by atoms with Crippen LogP contribution >= 0.6 is 0 Å². The summed E-state index contributed by atoms with van der Waals surface area (Å²) in [6, 6.07) is 0. The van der Waals surface area contributed by atoms with Crippen LogP contribution in [0.2, 0.25) is 0 Å². The smallest absolute Gasteiger partial charge is 0.174 e. The third kappa shape index (κ3) is 1.84. The van der Waals surface area contributed by atoms with E-state index in [1.54, 1.807) is 6.08 Å². The second kappa shape index (κ2) is 4.17. The number of Topliss-reactive ketones (excluding diaryl/α,β-unsaturated/α-hetero) is 1. The van der Waals surface area contributed by atoms with E-state index in [0.29, 0.717) is 5.92 Å². The molecule has 0 unspecified atom stereocenters. The minimum atomic E-state index is -1.43. The lowest BCUT2D eigenvalue weighted by molar-refractivity contribution is -0.161. The quantitative estimate of drug-likeness (QED) is 0.701. The van der Waals surface area contributed by atoms with E-state index in [2.05, 4.69) is 13.8 Å². The highest BCUT2D eigenvalue weighted by Gasteiger charge is 2.56. The molecule has 2 N–H and O–H groups in total. The molecule has 0 bridgehead atoms. The van der Waals surface area contributed by atoms with Crippen LogP contribution in [0.25, 0.3) is 0 Å². The molecule has 2 rings (SSSR count). The Bertz CT molecular complexity index is 383. The topological polar surface area (TPSA) is 57.5 Å². The zero-order valence-electron chi connectivity index (χ0n) is 11.7. The van der Waals surface area contributed by atoms with E-state index in [1.165, 1.54) is 13.0 Å². The molecular weight excluding hydrogens is 228 g/mol. The summed E-state index contributed by atoms with van der Waals surface area (Å²) in [6.07, 6.45) is 5.00. The summed E-state index contributed by atoms with van der Waals surface area (Å²) in [5.41, 5.74) is -2.51. The first-order valence-electron chi connectivity index (χ1n) is 6.89. The van der Waals surface area contributed by atoms with Crippen molar-refractivity contribution >= 4 is 5.78 Å². The van der Waals surface area contributed by atoms with Crippen molar-refractivity contribution in [1.82, 2.24) is 0 Å². The average Bonchev–Trinajstić information content (AvgIpc) is 2.27. The van der Waals surface area contributed by atoms with Gasteiger partial charge in [-0.15, -0.1) is 0 Å². The number of hydrogen-bond donors (Lipinski definition) is 2. The summed E-state index contributed by atoms with van der Waals surface area (Å²) in [7, 11) is 0. The van der Waals surface area contributed by atoms with Crippen molar-refractivity contribution in [2.75, 3.05) is 0 Å². The Morgan fingerprint density at radius 3 is 2.44 bits per heavy atom. The van der Waals surface area contributed by atoms with Gasteiger partial charge >= 0.3 is 0 Å². The predicted octanol–water partition coefficient (Wildman–Crippen LogP) is 1.93. The van der Waals surface area contributed by atoms with Crippen LogP contribution in [-0.2, 0) is 4.79 Å². The number of carbonyl (C=O) groups excluding carboxylic acids is 1. The summed E-state index contributed by atoms with van der Waals surface area (Å²) in [5, 5.41) is 21.0. The second-order valence-corrected chi connectivity index (χ2v) is 6.60. The minimum Gasteiger partial charge on any atom is -0.385 e. The van der Waals surface area contributed by atoms with Gasteiger partial charge in [0.2, 0.25) is 0 Å². The first kappa shape index (κ1) is 13.8. The number of aliphatic hydroxyl groups is 2. The molecular formula is C15H24O3. The van der Waals surface area contributed by atoms with Crippen molar-refractivity contribution < 1.29 is 15.0 Å². The van der Waals surface area contributed by atoms with Gasteiger partial charge in [-0.1, -0.05) is 26.8 Å². The summed E-state index contributed by atoms with van der Waals surface area (Å²) in [6.45, 7) is 7.67. The standard InChI is InChI=1S/C15H24O3/c1-9(2)11-6-5-10(3)15(18)8-7-14(4,17)13(16)12(11)15/h7-12,17-18H,5-6H2,1-4H3/t10-,11+,12-,14-,15+/m1/s1. The van der Waals surface area contributed by atoms with E-state index in [9.17, 15) is 15.0 Å². The molecule has 0 aromatic carbocycles. The van der Waals surface area contributed by atoms with Crippen LogP contribution in [0.5, 0.6) is 0 Å². The fourth-order valence-electron chi connectivity index (χ4n) is 3.57. The van der Waals surface area contributed by atoms with E-state index >= 15 is 0 Å². The normalized spacial score (nSPS) is 48.4. The molecule has 102 valence electrons. The van der Waals surface area contributed by atoms with Crippen LogP contribution in [0.3, 0.4) is 0 Å². The van der Waals surface area contributed by atoms with Crippen LogP contribution in [0.1, 0.15) is 40.5 Å². The maximum absolute atomic E-state index is 12.5. The Hall–Kier alpha value is -0.670. The van der Waals surface area contributed by atoms with Gasteiger partial charge in [0.05, 0.1) is 11.5 Å². The second-order valence-electron chi connectivity index (χ2n) is 6.60. The van der Waals surface area contributed by atoms with Crippen LogP contribution in [0.15, 0.2) is 12.2 Å². The number of hydrogen-bond acceptors (Lipinski definition) is 3. The van der Waals surface area contributed by atoms with Gasteiger partial charge in [-0.05, 0) is 43.6 Å². The molecule has 0 amide bonds. The highest BCUT2D eigenvalue weighted by atomic mass is 16.3. The molecule has 0 saturated heterocycles. The molecule has 0 heterocycles. The maximum Gasteiger partial charge on any atom is 0.174 e. The minimum absolute atomic E-state index is 0.0637. The Labute approximate surface area is 109 Å². The van der Waals surface area contributed by atoms with Crippen LogP contribution in [-0.4, -0.2) is 27.2 Å². The zero-order chi connectivity index (χ0) is 13.7. The third-order valence-corrected chi connectivity index (χ3v) is 4.96. The number of rotatable bonds is 1. The summed E-state index contributed by atoms with van der Waals surface area (Å²) in [5.74, 6) is -0.150. The van der Waals surface area contributed by atoms with Gasteiger partial charge in [0.15, 0.2) is 5.78 Å². The van der Waals surface area contributed by atoms with Crippen molar-refractivity contribution in [1.29, 1.82) is 0 Å². The van der Waals surface area contributed by atoms with Crippen molar-refractivity contribution in [2.24, 2.45) is 23.7 Å². The molecule has 0 aromatic heterocycles. The Morgan fingerprint density at radius 1 is 1.28 bits per heavy atom. The van der Waals surface area contributed by atoms with E-state index < -0.39 is 17.1 Å². The molecule has 0 radical (unpaired) electrons. The lowest BCUT2D eigenvalue weighted by Crippen LogP contribution is -2.60. The van der Waals surface area contributed by atoms with Gasteiger partial charge in [0, 0.05) is 0 Å². The van der Waals surface area contributed by atoms with E-state index in [4.69, 9.17) is 0 Å². The summed E-state index contributed by atoms with van der Waals surface area (Å²) in [4.78, 5) is 12.5. The molecule has 0 spiro atoms. The Kier molecular flexibility index (Phi) is 3.19. The fourth-order valence-corrected chi connectivity index (χ4v) is 3.57. The molecule has 18 heavy (non-hydrogen) atoms. The lowest BCUT2D eigenvalue weighted by Gasteiger charge is -2.51. The fraction of sp³-hybridized carbons (Fsp3) is 0.800. The third-order valence-electron chi connectivity index (χ3n) is 4.96. The summed E-state index contributed by atoms with van der Waals surface area (Å²) < 4.78 is 0. The summed E-state index contributed by atoms with van der Waals surface area (Å²) >= 11 is 0. The van der Waals surface area contributed by atoms with Gasteiger partial charge in [-0.2, -0.15) is 0 Å². The lowest BCUT2D eigenvalue weighted by atomic mass is 9.56. The molecule has 2 aliphatic carbocycles. The van der Waals surface area contributed by atoms with Crippen LogP contribution in [0, 0.1) is 23.7 Å². The SMILES string of the molecule is CC(C)[C@@H]1CC[C@@H](C)[C@@]2(O)C=C[C@@](C)(O)C(=O)[C@@H]12. The first-order valence-corrected chi connectivity index (χ1v) is 6.89. The first-order chi connectivity index (χ1) is 8.20. The molecule has 1 saturated carbocycles. The predicted molar refractivity (Wildman–Crippen MR) is 69.9 cm³/mol. The number of ketones is 1. The molecule has 1 fully saturated rings. The van der Waals surface area contributed by atoms with Gasteiger partial charge in [-0.25, -0.2) is 0 Å². The van der Waals surface area contributed by atoms with Gasteiger partial charge in [0.1, 0.15) is 5.60 Å². The largest absolute Gasteiger partial charge is 0.385 e. The van der Waals surface area contributed by atoms with Crippen molar-refractivity contribution in [3.63, 3.8) is 0 Å². The average molecular weight is 252 g/mol. The molecule has 5 atom stereocenters. The van der Waals surface area contributed by atoms with Crippen LogP contribution < -0.4 is 0 Å². The monoisotopic (exact) mass is 252 g/mol. The van der Waals surface area contributed by atoms with Gasteiger partial charge in [-0.3, -0.25) is 4.79 Å². The van der Waals surface area contributed by atoms with E-state index in [1.807, 2.05) is 6.92 Å². The van der Waals surface area contributed by atoms with Crippen molar-refractivity contribution in [2.45, 2.75) is 51.7 Å². The maximum atomic E-state index is 12.5. The Balaban J connectivity index is 2.49. The van der Waals surface area contributed by atoms with Crippen LogP contribution in [0.4, 0.5) is 0 Å². The molecule has 3 nitrogen and oxygen atoms in total. The van der Waals surface area contributed by atoms with E-state index in [0.717, 1.165) is 12.8 Å². The Morgan fingerprint density at radius 2 is 1.89 bits per heavy atom. The number of carbonyl (C=O) groups is 1. The van der Waals surface area contributed by atoms with Gasteiger partial charge in [0.25, 0.3) is 0 Å². The highest BCUT2D eigenvalue weighted by molar-refractivity contribution is 5.93. The number of fused-ring (bicyclic) bond motifs is 1. The molecule has 3 heteroatoms. The van der Waals surface area contributed by atoms with Crippen molar-refractivity contribution in [3.8, 4) is 0 Å². The molecule has 2 aliphatic rings. The highest BCUT2D eigenvalue weighted by Crippen LogP contribution is 2.49.